The lowest BCUT2D eigenvalue weighted by atomic mass is 10.0. The van der Waals surface area contributed by atoms with Crippen molar-refractivity contribution in [1.29, 1.82) is 0 Å². The van der Waals surface area contributed by atoms with Crippen molar-refractivity contribution in [3.63, 3.8) is 0 Å². The molecule has 0 fully saturated rings. The summed E-state index contributed by atoms with van der Waals surface area (Å²) >= 11 is 5.86. The molecule has 0 aliphatic rings. The van der Waals surface area contributed by atoms with Gasteiger partial charge in [0, 0.05) is 12.0 Å². The van der Waals surface area contributed by atoms with Crippen molar-refractivity contribution < 1.29 is 37.3 Å². The Kier molecular flexibility index (Phi) is 5.42. The molecule has 21 heavy (non-hydrogen) atoms. The van der Waals surface area contributed by atoms with Gasteiger partial charge in [0.15, 0.2) is 0 Å². The summed E-state index contributed by atoms with van der Waals surface area (Å²) < 4.78 is 45.1. The summed E-state index contributed by atoms with van der Waals surface area (Å²) in [6, 6.07) is 1.91. The first-order chi connectivity index (χ1) is 9.65. The zero-order valence-electron chi connectivity index (χ0n) is 10.7. The molecule has 0 amide bonds. The van der Waals surface area contributed by atoms with E-state index in [0.717, 1.165) is 19.2 Å². The van der Waals surface area contributed by atoms with Crippen molar-refractivity contribution in [3.8, 4) is 5.75 Å². The fourth-order valence-electron chi connectivity index (χ4n) is 1.56. The number of methoxy groups -OCH3 is 1. The first-order valence-electron chi connectivity index (χ1n) is 5.53. The van der Waals surface area contributed by atoms with Crippen LogP contribution in [-0.2, 0) is 16.0 Å². The lowest BCUT2D eigenvalue weighted by Crippen LogP contribution is -2.19. The summed E-state index contributed by atoms with van der Waals surface area (Å²) in [6.45, 7) is 0. The molecular formula is C12H10ClF3O5. The van der Waals surface area contributed by atoms with Crippen molar-refractivity contribution in [2.45, 2.75) is 19.2 Å². The SMILES string of the molecule is COC(=O)c1ccc(OC(F)(F)F)c(CCC(=O)O)c1Cl. The predicted molar refractivity (Wildman–Crippen MR) is 65.4 cm³/mol. The van der Waals surface area contributed by atoms with Crippen LogP contribution in [-0.4, -0.2) is 30.5 Å². The number of hydrogen-bond acceptors (Lipinski definition) is 4. The molecule has 0 radical (unpaired) electrons. The van der Waals surface area contributed by atoms with Gasteiger partial charge in [0.2, 0.25) is 0 Å². The molecule has 1 rings (SSSR count). The molecule has 1 aromatic carbocycles. The molecule has 0 aliphatic carbocycles. The quantitative estimate of drug-likeness (QED) is 0.842. The molecule has 9 heteroatoms. The molecular weight excluding hydrogens is 317 g/mol. The maximum absolute atomic E-state index is 12.3. The van der Waals surface area contributed by atoms with Crippen molar-refractivity contribution in [1.82, 2.24) is 0 Å². The summed E-state index contributed by atoms with van der Waals surface area (Å²) in [5.74, 6) is -2.73. The van der Waals surface area contributed by atoms with Crippen LogP contribution in [0.2, 0.25) is 5.02 Å². The van der Waals surface area contributed by atoms with Crippen LogP contribution in [0.5, 0.6) is 5.75 Å². The lowest BCUT2D eigenvalue weighted by molar-refractivity contribution is -0.274. The molecule has 1 aromatic rings. The number of carboxylic acid groups (broad SMARTS) is 1. The monoisotopic (exact) mass is 326 g/mol. The number of carbonyl (C=O) groups excluding carboxylic acids is 1. The number of aliphatic carboxylic acids is 1. The Bertz CT molecular complexity index is 557. The Labute approximate surface area is 122 Å². The molecule has 5 nitrogen and oxygen atoms in total. The Morgan fingerprint density at radius 3 is 2.43 bits per heavy atom. The standard InChI is InChI=1S/C12H10ClF3O5/c1-20-11(19)7-2-4-8(21-12(14,15)16)6(10(7)13)3-5-9(17)18/h2,4H,3,5H2,1H3,(H,17,18). The van der Waals surface area contributed by atoms with Crippen LogP contribution in [0, 0.1) is 0 Å². The fraction of sp³-hybridized carbons (Fsp3) is 0.333. The van der Waals surface area contributed by atoms with E-state index in [2.05, 4.69) is 9.47 Å². The van der Waals surface area contributed by atoms with Gasteiger partial charge >= 0.3 is 18.3 Å². The lowest BCUT2D eigenvalue weighted by Gasteiger charge is -2.15. The van der Waals surface area contributed by atoms with Crippen molar-refractivity contribution in [3.05, 3.63) is 28.3 Å². The van der Waals surface area contributed by atoms with Crippen LogP contribution in [0.15, 0.2) is 12.1 Å². The summed E-state index contributed by atoms with van der Waals surface area (Å²) in [5, 5.41) is 8.29. The van der Waals surface area contributed by atoms with Gasteiger partial charge in [-0.2, -0.15) is 0 Å². The molecule has 0 saturated carbocycles. The van der Waals surface area contributed by atoms with Crippen LogP contribution in [0.4, 0.5) is 13.2 Å². The minimum absolute atomic E-state index is 0.172. The second-order valence-corrected chi connectivity index (χ2v) is 4.21. The highest BCUT2D eigenvalue weighted by atomic mass is 35.5. The Balaban J connectivity index is 3.27. The summed E-state index contributed by atoms with van der Waals surface area (Å²) in [4.78, 5) is 22.0. The van der Waals surface area contributed by atoms with Gasteiger partial charge in [0.05, 0.1) is 17.7 Å². The second-order valence-electron chi connectivity index (χ2n) is 3.84. The average Bonchev–Trinajstić information content (AvgIpc) is 2.35. The second kappa shape index (κ2) is 6.66. The van der Waals surface area contributed by atoms with E-state index in [1.165, 1.54) is 0 Å². The number of hydrogen-bond donors (Lipinski definition) is 1. The van der Waals surface area contributed by atoms with Crippen LogP contribution in [0.3, 0.4) is 0 Å². The third kappa shape index (κ3) is 4.82. The first-order valence-corrected chi connectivity index (χ1v) is 5.90. The predicted octanol–water partition coefficient (Wildman–Crippen LogP) is 3.04. The van der Waals surface area contributed by atoms with E-state index in [1.807, 2.05) is 0 Å². The zero-order chi connectivity index (χ0) is 16.2. The van der Waals surface area contributed by atoms with E-state index in [9.17, 15) is 22.8 Å². The summed E-state index contributed by atoms with van der Waals surface area (Å²) in [6.07, 6.45) is -5.77. The van der Waals surface area contributed by atoms with Gasteiger partial charge in [-0.1, -0.05) is 11.6 Å². The minimum Gasteiger partial charge on any atom is -0.481 e. The number of benzene rings is 1. The normalized spacial score (nSPS) is 11.1. The van der Waals surface area contributed by atoms with Gasteiger partial charge in [-0.15, -0.1) is 13.2 Å². The number of carbonyl (C=O) groups is 2. The highest BCUT2D eigenvalue weighted by Gasteiger charge is 2.33. The van der Waals surface area contributed by atoms with Crippen LogP contribution in [0.25, 0.3) is 0 Å². The van der Waals surface area contributed by atoms with Crippen molar-refractivity contribution >= 4 is 23.5 Å². The molecule has 0 atom stereocenters. The minimum atomic E-state index is -4.96. The van der Waals surface area contributed by atoms with Crippen LogP contribution >= 0.6 is 11.6 Å². The fourth-order valence-corrected chi connectivity index (χ4v) is 1.88. The summed E-state index contributed by atoms with van der Waals surface area (Å²) in [5.41, 5.74) is -0.395. The maximum Gasteiger partial charge on any atom is 0.573 e. The van der Waals surface area contributed by atoms with Gasteiger partial charge in [0.25, 0.3) is 0 Å². The number of halogens is 4. The molecule has 0 saturated heterocycles. The molecule has 116 valence electrons. The van der Waals surface area contributed by atoms with Crippen molar-refractivity contribution in [2.75, 3.05) is 7.11 Å². The van der Waals surface area contributed by atoms with E-state index in [-0.39, 0.29) is 22.6 Å². The maximum atomic E-state index is 12.3. The van der Waals surface area contributed by atoms with E-state index < -0.39 is 30.5 Å². The largest absolute Gasteiger partial charge is 0.573 e. The molecule has 0 spiro atoms. The molecule has 0 aliphatic heterocycles. The molecule has 0 unspecified atom stereocenters. The van der Waals surface area contributed by atoms with Crippen LogP contribution in [0.1, 0.15) is 22.3 Å². The number of rotatable bonds is 5. The smallest absolute Gasteiger partial charge is 0.481 e. The Hall–Kier alpha value is -1.96. The molecule has 0 aromatic heterocycles. The Morgan fingerprint density at radius 1 is 1.33 bits per heavy atom. The number of esters is 1. The molecule has 1 N–H and O–H groups in total. The van der Waals surface area contributed by atoms with Gasteiger partial charge in [-0.05, 0) is 18.6 Å². The Morgan fingerprint density at radius 2 is 1.95 bits per heavy atom. The zero-order valence-corrected chi connectivity index (χ0v) is 11.4. The van der Waals surface area contributed by atoms with E-state index >= 15 is 0 Å². The number of carboxylic acids is 1. The third-order valence-corrected chi connectivity index (χ3v) is 2.85. The molecule has 0 bridgehead atoms. The van der Waals surface area contributed by atoms with Crippen LogP contribution < -0.4 is 4.74 Å². The van der Waals surface area contributed by atoms with Gasteiger partial charge in [0.1, 0.15) is 5.75 Å². The van der Waals surface area contributed by atoms with E-state index in [1.54, 1.807) is 0 Å². The van der Waals surface area contributed by atoms with Gasteiger partial charge in [-0.25, -0.2) is 4.79 Å². The van der Waals surface area contributed by atoms with Gasteiger partial charge in [-0.3, -0.25) is 4.79 Å². The third-order valence-electron chi connectivity index (χ3n) is 2.42. The van der Waals surface area contributed by atoms with Crippen molar-refractivity contribution in [2.24, 2.45) is 0 Å². The number of ether oxygens (including phenoxy) is 2. The average molecular weight is 327 g/mol. The van der Waals surface area contributed by atoms with E-state index in [4.69, 9.17) is 16.7 Å². The summed E-state index contributed by atoms with van der Waals surface area (Å²) in [7, 11) is 1.08. The number of alkyl halides is 3. The highest BCUT2D eigenvalue weighted by Crippen LogP contribution is 2.34. The van der Waals surface area contributed by atoms with Gasteiger partial charge < -0.3 is 14.6 Å². The topological polar surface area (TPSA) is 72.8 Å². The molecule has 0 heterocycles. The highest BCUT2D eigenvalue weighted by molar-refractivity contribution is 6.34. The first kappa shape index (κ1) is 17.1. The van der Waals surface area contributed by atoms with E-state index in [0.29, 0.717) is 0 Å².